The smallest absolute Gasteiger partial charge is 0.241 e. The molecule has 1 aromatic carbocycles. The molecule has 0 bridgehead atoms. The van der Waals surface area contributed by atoms with Crippen molar-refractivity contribution in [3.8, 4) is 0 Å². The van der Waals surface area contributed by atoms with Gasteiger partial charge in [-0.25, -0.2) is 0 Å². The molecule has 0 heterocycles. The topological polar surface area (TPSA) is 58.4 Å². The van der Waals surface area contributed by atoms with Crippen molar-refractivity contribution in [3.63, 3.8) is 0 Å². The number of nitrogens with one attached hydrogen (secondary N) is 1. The van der Waals surface area contributed by atoms with E-state index in [9.17, 15) is 4.79 Å². The Labute approximate surface area is 109 Å². The molecule has 100 valence electrons. The number of unbranched alkanes of at least 4 members (excludes halogenated alkanes) is 1. The number of para-hydroxylation sites is 2. The lowest BCUT2D eigenvalue weighted by molar-refractivity contribution is -0.117. The van der Waals surface area contributed by atoms with Gasteiger partial charge in [0.05, 0.1) is 17.4 Å². The highest BCUT2D eigenvalue weighted by atomic mass is 16.2. The Hall–Kier alpha value is -1.55. The first-order chi connectivity index (χ1) is 8.56. The third kappa shape index (κ3) is 4.04. The molecule has 4 nitrogen and oxygen atoms in total. The van der Waals surface area contributed by atoms with Gasteiger partial charge < -0.3 is 16.0 Å². The molecule has 0 saturated heterocycles. The molecule has 0 fully saturated rings. The molecule has 1 aromatic rings. The molecule has 1 rings (SSSR count). The van der Waals surface area contributed by atoms with Crippen LogP contribution in [0.2, 0.25) is 0 Å². The zero-order valence-electron chi connectivity index (χ0n) is 11.4. The van der Waals surface area contributed by atoms with Gasteiger partial charge in [0.15, 0.2) is 0 Å². The summed E-state index contributed by atoms with van der Waals surface area (Å²) in [5, 5.41) is 2.89. The van der Waals surface area contributed by atoms with E-state index in [1.54, 1.807) is 0 Å². The lowest BCUT2D eigenvalue weighted by atomic mass is 10.1. The molecule has 0 saturated carbocycles. The summed E-state index contributed by atoms with van der Waals surface area (Å²) in [5.74, 6) is -0.113. The van der Waals surface area contributed by atoms with E-state index in [0.717, 1.165) is 30.6 Å². The number of amides is 1. The predicted octanol–water partition coefficient (Wildman–Crippen LogP) is 2.21. The fraction of sp³-hybridized carbons (Fsp3) is 0.500. The van der Waals surface area contributed by atoms with Gasteiger partial charge in [0, 0.05) is 14.1 Å². The first-order valence-electron chi connectivity index (χ1n) is 6.39. The van der Waals surface area contributed by atoms with Gasteiger partial charge in [0.1, 0.15) is 0 Å². The van der Waals surface area contributed by atoms with Crippen LogP contribution in [0.3, 0.4) is 0 Å². The van der Waals surface area contributed by atoms with Crippen molar-refractivity contribution < 1.29 is 4.79 Å². The molecule has 0 aliphatic rings. The van der Waals surface area contributed by atoms with E-state index >= 15 is 0 Å². The second-order valence-corrected chi connectivity index (χ2v) is 4.65. The quantitative estimate of drug-likeness (QED) is 0.812. The third-order valence-electron chi connectivity index (χ3n) is 2.85. The second-order valence-electron chi connectivity index (χ2n) is 4.65. The van der Waals surface area contributed by atoms with Gasteiger partial charge >= 0.3 is 0 Å². The molecule has 0 unspecified atom stereocenters. The fourth-order valence-electron chi connectivity index (χ4n) is 1.75. The Morgan fingerprint density at radius 1 is 1.39 bits per heavy atom. The summed E-state index contributed by atoms with van der Waals surface area (Å²) in [7, 11) is 3.89. The van der Waals surface area contributed by atoms with Crippen LogP contribution in [0.5, 0.6) is 0 Å². The van der Waals surface area contributed by atoms with Gasteiger partial charge in [-0.1, -0.05) is 31.9 Å². The summed E-state index contributed by atoms with van der Waals surface area (Å²) in [6, 6.07) is 7.27. The van der Waals surface area contributed by atoms with E-state index in [0.29, 0.717) is 0 Å². The van der Waals surface area contributed by atoms with Crippen LogP contribution in [0.4, 0.5) is 11.4 Å². The lowest BCUT2D eigenvalue weighted by Crippen LogP contribution is -2.35. The minimum atomic E-state index is -0.430. The maximum atomic E-state index is 11.9. The number of benzene rings is 1. The first-order valence-corrected chi connectivity index (χ1v) is 6.39. The summed E-state index contributed by atoms with van der Waals surface area (Å²) in [5.41, 5.74) is 7.64. The molecule has 0 aliphatic heterocycles. The number of anilines is 2. The van der Waals surface area contributed by atoms with Crippen LogP contribution in [-0.4, -0.2) is 26.0 Å². The van der Waals surface area contributed by atoms with Crippen LogP contribution in [-0.2, 0) is 4.79 Å². The molecule has 0 spiro atoms. The molecular weight excluding hydrogens is 226 g/mol. The summed E-state index contributed by atoms with van der Waals surface area (Å²) < 4.78 is 0. The first kappa shape index (κ1) is 14.5. The van der Waals surface area contributed by atoms with Crippen molar-refractivity contribution in [2.24, 2.45) is 5.73 Å². The monoisotopic (exact) mass is 249 g/mol. The van der Waals surface area contributed by atoms with Gasteiger partial charge in [0.25, 0.3) is 0 Å². The van der Waals surface area contributed by atoms with Crippen molar-refractivity contribution in [1.82, 2.24) is 0 Å². The summed E-state index contributed by atoms with van der Waals surface area (Å²) >= 11 is 0. The number of nitrogens with zero attached hydrogens (tertiary/aromatic N) is 1. The van der Waals surface area contributed by atoms with Crippen molar-refractivity contribution in [2.45, 2.75) is 32.2 Å². The van der Waals surface area contributed by atoms with E-state index in [-0.39, 0.29) is 5.91 Å². The average molecular weight is 249 g/mol. The fourth-order valence-corrected chi connectivity index (χ4v) is 1.75. The third-order valence-corrected chi connectivity index (χ3v) is 2.85. The number of rotatable bonds is 6. The zero-order chi connectivity index (χ0) is 13.5. The number of carbonyl (C=O) groups is 1. The van der Waals surface area contributed by atoms with E-state index in [1.165, 1.54) is 0 Å². The Morgan fingerprint density at radius 2 is 2.06 bits per heavy atom. The molecule has 3 N–H and O–H groups in total. The molecule has 1 amide bonds. The highest BCUT2D eigenvalue weighted by Gasteiger charge is 2.14. The van der Waals surface area contributed by atoms with Crippen LogP contribution in [0.15, 0.2) is 24.3 Å². The van der Waals surface area contributed by atoms with Gasteiger partial charge in [-0.15, -0.1) is 0 Å². The Bertz CT molecular complexity index is 390. The van der Waals surface area contributed by atoms with E-state index in [4.69, 9.17) is 5.73 Å². The summed E-state index contributed by atoms with van der Waals surface area (Å²) in [6.45, 7) is 2.09. The number of hydrogen-bond acceptors (Lipinski definition) is 3. The van der Waals surface area contributed by atoms with Gasteiger partial charge in [-0.05, 0) is 18.6 Å². The molecule has 0 aromatic heterocycles. The lowest BCUT2D eigenvalue weighted by Gasteiger charge is -2.19. The Kier molecular flexibility index (Phi) is 5.65. The number of nitrogens with two attached hydrogens (primary N) is 1. The molecule has 0 radical (unpaired) electrons. The number of hydrogen-bond donors (Lipinski definition) is 2. The van der Waals surface area contributed by atoms with Crippen molar-refractivity contribution in [3.05, 3.63) is 24.3 Å². The van der Waals surface area contributed by atoms with Crippen molar-refractivity contribution in [2.75, 3.05) is 24.3 Å². The van der Waals surface area contributed by atoms with Crippen LogP contribution in [0, 0.1) is 0 Å². The highest BCUT2D eigenvalue weighted by molar-refractivity contribution is 5.97. The largest absolute Gasteiger partial charge is 0.376 e. The van der Waals surface area contributed by atoms with Crippen LogP contribution < -0.4 is 16.0 Å². The SMILES string of the molecule is CCCC[C@H](N)C(=O)Nc1ccccc1N(C)C. The van der Waals surface area contributed by atoms with Crippen molar-refractivity contribution in [1.29, 1.82) is 0 Å². The standard InChI is InChI=1S/C14H23N3O/c1-4-5-8-11(15)14(18)16-12-9-6-7-10-13(12)17(2)3/h6-7,9-11H,4-5,8,15H2,1-3H3,(H,16,18)/t11-/m0/s1. The van der Waals surface area contributed by atoms with E-state index in [1.807, 2.05) is 43.3 Å². The molecule has 0 aliphatic carbocycles. The maximum Gasteiger partial charge on any atom is 0.241 e. The second kappa shape index (κ2) is 7.01. The van der Waals surface area contributed by atoms with E-state index in [2.05, 4.69) is 12.2 Å². The molecular formula is C14H23N3O. The van der Waals surface area contributed by atoms with Gasteiger partial charge in [0.2, 0.25) is 5.91 Å². The maximum absolute atomic E-state index is 11.9. The average Bonchev–Trinajstić information content (AvgIpc) is 2.36. The normalized spacial score (nSPS) is 12.0. The molecule has 4 heteroatoms. The Morgan fingerprint density at radius 3 is 2.67 bits per heavy atom. The van der Waals surface area contributed by atoms with Crippen molar-refractivity contribution >= 4 is 17.3 Å². The summed E-state index contributed by atoms with van der Waals surface area (Å²) in [6.07, 6.45) is 2.76. The van der Waals surface area contributed by atoms with Crippen LogP contribution in [0.1, 0.15) is 26.2 Å². The van der Waals surface area contributed by atoms with Gasteiger partial charge in [-0.3, -0.25) is 4.79 Å². The molecule has 1 atom stereocenters. The highest BCUT2D eigenvalue weighted by Crippen LogP contribution is 2.23. The number of carbonyl (C=O) groups excluding carboxylic acids is 1. The minimum Gasteiger partial charge on any atom is -0.376 e. The Balaban J connectivity index is 2.69. The van der Waals surface area contributed by atoms with E-state index < -0.39 is 6.04 Å². The summed E-state index contributed by atoms with van der Waals surface area (Å²) in [4.78, 5) is 13.9. The van der Waals surface area contributed by atoms with Crippen LogP contribution >= 0.6 is 0 Å². The van der Waals surface area contributed by atoms with Gasteiger partial charge in [-0.2, -0.15) is 0 Å². The minimum absolute atomic E-state index is 0.113. The molecule has 18 heavy (non-hydrogen) atoms. The van der Waals surface area contributed by atoms with Crippen LogP contribution in [0.25, 0.3) is 0 Å². The predicted molar refractivity (Wildman–Crippen MR) is 76.9 cm³/mol. The zero-order valence-corrected chi connectivity index (χ0v) is 11.4.